The summed E-state index contributed by atoms with van der Waals surface area (Å²) < 4.78 is 12.3. The Labute approximate surface area is 191 Å². The number of carbonyl (C=O) groups is 2. The lowest BCUT2D eigenvalue weighted by atomic mass is 9.95. The van der Waals surface area contributed by atoms with Crippen molar-refractivity contribution in [3.05, 3.63) is 84.0 Å². The van der Waals surface area contributed by atoms with Crippen molar-refractivity contribution in [3.8, 4) is 11.5 Å². The molecular formula is C25H25N3O5. The number of ether oxygens (including phenoxy) is 2. The van der Waals surface area contributed by atoms with Crippen molar-refractivity contribution in [2.75, 3.05) is 20.8 Å². The molecular weight excluding hydrogens is 422 g/mol. The molecule has 1 aromatic heterocycles. The molecule has 1 saturated heterocycles. The molecule has 0 spiro atoms. The molecule has 0 saturated carbocycles. The van der Waals surface area contributed by atoms with Gasteiger partial charge in [0.1, 0.15) is 17.3 Å². The average molecular weight is 447 g/mol. The number of ketones is 1. The third-order valence-electron chi connectivity index (χ3n) is 5.71. The van der Waals surface area contributed by atoms with Crippen LogP contribution in [0.15, 0.2) is 72.8 Å². The number of aliphatic hydroxyl groups excluding tert-OH is 1. The molecule has 8 heteroatoms. The Bertz CT molecular complexity index is 1150. The van der Waals surface area contributed by atoms with Crippen molar-refractivity contribution >= 4 is 17.4 Å². The maximum absolute atomic E-state index is 13.1. The molecule has 4 rings (SSSR count). The van der Waals surface area contributed by atoms with E-state index in [4.69, 9.17) is 9.47 Å². The van der Waals surface area contributed by atoms with Crippen LogP contribution < -0.4 is 9.47 Å². The van der Waals surface area contributed by atoms with E-state index in [1.54, 1.807) is 75.3 Å². The Morgan fingerprint density at radius 2 is 1.61 bits per heavy atom. The Hall–Kier alpha value is -4.07. The van der Waals surface area contributed by atoms with E-state index in [2.05, 4.69) is 4.98 Å². The number of methoxy groups -OCH3 is 2. The van der Waals surface area contributed by atoms with Gasteiger partial charge in [0.15, 0.2) is 0 Å². The van der Waals surface area contributed by atoms with Gasteiger partial charge >= 0.3 is 0 Å². The minimum Gasteiger partial charge on any atom is -0.507 e. The molecule has 1 atom stereocenters. The number of rotatable bonds is 8. The van der Waals surface area contributed by atoms with Crippen LogP contribution in [-0.2, 0) is 16.1 Å². The van der Waals surface area contributed by atoms with Crippen LogP contribution in [0.4, 0.5) is 0 Å². The summed E-state index contributed by atoms with van der Waals surface area (Å²) in [4.78, 5) is 31.6. The molecule has 0 unspecified atom stereocenters. The van der Waals surface area contributed by atoms with Crippen molar-refractivity contribution in [1.29, 1.82) is 0 Å². The quantitative estimate of drug-likeness (QED) is 0.323. The number of amides is 1. The lowest BCUT2D eigenvalue weighted by molar-refractivity contribution is -0.139. The highest BCUT2D eigenvalue weighted by atomic mass is 16.5. The van der Waals surface area contributed by atoms with E-state index in [9.17, 15) is 14.7 Å². The van der Waals surface area contributed by atoms with E-state index in [0.717, 1.165) is 0 Å². The molecule has 2 aromatic carbocycles. The Kier molecular flexibility index (Phi) is 6.44. The predicted octanol–water partition coefficient (Wildman–Crippen LogP) is 3.41. The number of imidazole rings is 1. The second-order valence-corrected chi connectivity index (χ2v) is 7.65. The Balaban J connectivity index is 1.72. The number of hydrogen-bond donors (Lipinski definition) is 1. The highest BCUT2D eigenvalue weighted by Crippen LogP contribution is 2.40. The van der Waals surface area contributed by atoms with E-state index >= 15 is 0 Å². The summed E-state index contributed by atoms with van der Waals surface area (Å²) in [7, 11) is 3.12. The monoisotopic (exact) mass is 447 g/mol. The van der Waals surface area contributed by atoms with E-state index in [1.807, 2.05) is 10.8 Å². The molecule has 170 valence electrons. The van der Waals surface area contributed by atoms with Gasteiger partial charge in [0, 0.05) is 31.0 Å². The van der Waals surface area contributed by atoms with E-state index < -0.39 is 17.7 Å². The van der Waals surface area contributed by atoms with Gasteiger partial charge in [-0.2, -0.15) is 0 Å². The lowest BCUT2D eigenvalue weighted by Crippen LogP contribution is -2.31. The van der Waals surface area contributed by atoms with Gasteiger partial charge in [0.2, 0.25) is 0 Å². The fourth-order valence-corrected chi connectivity index (χ4v) is 3.99. The summed E-state index contributed by atoms with van der Waals surface area (Å²) in [6, 6.07) is 13.1. The molecule has 0 bridgehead atoms. The number of aliphatic hydroxyl groups is 1. The summed E-state index contributed by atoms with van der Waals surface area (Å²) in [5.41, 5.74) is 1.22. The van der Waals surface area contributed by atoms with Gasteiger partial charge in [-0.25, -0.2) is 4.98 Å². The van der Waals surface area contributed by atoms with Crippen LogP contribution in [0.3, 0.4) is 0 Å². The fraction of sp³-hybridized carbons (Fsp3) is 0.240. The molecule has 3 aromatic rings. The highest BCUT2D eigenvalue weighted by Gasteiger charge is 2.45. The maximum atomic E-state index is 13.1. The number of hydrogen-bond acceptors (Lipinski definition) is 6. The molecule has 1 aliphatic heterocycles. The zero-order chi connectivity index (χ0) is 23.4. The van der Waals surface area contributed by atoms with Crippen LogP contribution in [-0.4, -0.2) is 52.0 Å². The third kappa shape index (κ3) is 4.45. The van der Waals surface area contributed by atoms with Gasteiger partial charge in [-0.15, -0.1) is 0 Å². The smallest absolute Gasteiger partial charge is 0.295 e. The standard InChI is InChI=1S/C25H25N3O5/c1-32-19-8-4-17(5-9-19)22-21(23(29)18-6-10-20(33-2)11-7-18)24(30)25(31)28(22)14-3-13-27-15-12-26-16-27/h4-12,15-16,22,29H,3,13-14H2,1-2H3/b23-21+/t22-/m0/s1. The fourth-order valence-electron chi connectivity index (χ4n) is 3.99. The summed E-state index contributed by atoms with van der Waals surface area (Å²) >= 11 is 0. The summed E-state index contributed by atoms with van der Waals surface area (Å²) in [5, 5.41) is 11.1. The molecule has 33 heavy (non-hydrogen) atoms. The van der Waals surface area contributed by atoms with Gasteiger partial charge in [0.05, 0.1) is 32.2 Å². The zero-order valence-corrected chi connectivity index (χ0v) is 18.5. The van der Waals surface area contributed by atoms with Crippen LogP contribution in [0.25, 0.3) is 5.76 Å². The first kappa shape index (κ1) is 22.1. The number of nitrogens with zero attached hydrogens (tertiary/aromatic N) is 3. The third-order valence-corrected chi connectivity index (χ3v) is 5.71. The number of benzene rings is 2. The molecule has 0 radical (unpaired) electrons. The van der Waals surface area contributed by atoms with E-state index in [0.29, 0.717) is 42.1 Å². The second kappa shape index (κ2) is 9.60. The first-order chi connectivity index (χ1) is 16.0. The molecule has 1 aliphatic rings. The van der Waals surface area contributed by atoms with Gasteiger partial charge < -0.3 is 24.0 Å². The number of carbonyl (C=O) groups excluding carboxylic acids is 2. The van der Waals surface area contributed by atoms with Crippen molar-refractivity contribution in [2.45, 2.75) is 19.0 Å². The van der Waals surface area contributed by atoms with E-state index in [1.165, 1.54) is 4.90 Å². The summed E-state index contributed by atoms with van der Waals surface area (Å²) in [6.45, 7) is 0.996. The van der Waals surface area contributed by atoms with Crippen LogP contribution in [0.2, 0.25) is 0 Å². The van der Waals surface area contributed by atoms with Gasteiger partial charge in [-0.3, -0.25) is 9.59 Å². The molecule has 2 heterocycles. The number of aromatic nitrogens is 2. The minimum atomic E-state index is -0.708. The predicted molar refractivity (Wildman–Crippen MR) is 122 cm³/mol. The molecule has 1 amide bonds. The second-order valence-electron chi connectivity index (χ2n) is 7.65. The first-order valence-electron chi connectivity index (χ1n) is 10.6. The topological polar surface area (TPSA) is 93.9 Å². The normalized spacial score (nSPS) is 17.4. The van der Waals surface area contributed by atoms with Crippen molar-refractivity contribution < 1.29 is 24.2 Å². The van der Waals surface area contributed by atoms with Crippen molar-refractivity contribution in [2.24, 2.45) is 0 Å². The maximum Gasteiger partial charge on any atom is 0.295 e. The average Bonchev–Trinajstić information content (AvgIpc) is 3.46. The summed E-state index contributed by atoms with van der Waals surface area (Å²) in [5.74, 6) is -0.263. The lowest BCUT2D eigenvalue weighted by Gasteiger charge is -2.25. The van der Waals surface area contributed by atoms with Gasteiger partial charge in [-0.05, 0) is 48.4 Å². The van der Waals surface area contributed by atoms with Crippen molar-refractivity contribution in [1.82, 2.24) is 14.5 Å². The number of aryl methyl sites for hydroxylation is 1. The first-order valence-corrected chi connectivity index (χ1v) is 10.6. The molecule has 1 fully saturated rings. The van der Waals surface area contributed by atoms with Crippen LogP contribution in [0.5, 0.6) is 11.5 Å². The largest absolute Gasteiger partial charge is 0.507 e. The van der Waals surface area contributed by atoms with Crippen LogP contribution in [0.1, 0.15) is 23.6 Å². The minimum absolute atomic E-state index is 0.0676. The summed E-state index contributed by atoms with van der Waals surface area (Å²) in [6.07, 6.45) is 5.87. The SMILES string of the molecule is COc1ccc(/C(O)=C2\C(=O)C(=O)N(CCCn3ccnc3)[C@H]2c2ccc(OC)cc2)cc1. The number of likely N-dealkylation sites (tertiary alicyclic amines) is 1. The van der Waals surface area contributed by atoms with E-state index in [-0.39, 0.29) is 11.3 Å². The van der Waals surface area contributed by atoms with Gasteiger partial charge in [0.25, 0.3) is 11.7 Å². The van der Waals surface area contributed by atoms with Crippen molar-refractivity contribution in [3.63, 3.8) is 0 Å². The zero-order valence-electron chi connectivity index (χ0n) is 18.5. The van der Waals surface area contributed by atoms with Crippen LogP contribution >= 0.6 is 0 Å². The number of Topliss-reactive ketones (excluding diaryl/α,β-unsaturated/α-hetero) is 1. The molecule has 0 aliphatic carbocycles. The molecule has 8 nitrogen and oxygen atoms in total. The Morgan fingerprint density at radius 3 is 2.18 bits per heavy atom. The highest BCUT2D eigenvalue weighted by molar-refractivity contribution is 6.46. The Morgan fingerprint density at radius 1 is 0.970 bits per heavy atom. The molecule has 1 N–H and O–H groups in total. The van der Waals surface area contributed by atoms with Gasteiger partial charge in [-0.1, -0.05) is 12.1 Å². The van der Waals surface area contributed by atoms with Crippen LogP contribution in [0, 0.1) is 0 Å².